The van der Waals surface area contributed by atoms with Gasteiger partial charge in [0.1, 0.15) is 17.5 Å². The Morgan fingerprint density at radius 1 is 1.23 bits per heavy atom. The standard InChI is InChI=1S/C19H19FN2O4/c1-10(23)11-4-6-14-13(8-11)16(17(24)19(2,3)26-14)22-18(25)12-5-7-15(20)21-9-12/h4-9,16-17,24H,1-3H3,(H,22,25)/t16-,17+/m0/s1. The quantitative estimate of drug-likeness (QED) is 0.650. The van der Waals surface area contributed by atoms with E-state index in [1.54, 1.807) is 32.0 Å². The Kier molecular flexibility index (Phi) is 4.50. The molecule has 0 radical (unpaired) electrons. The summed E-state index contributed by atoms with van der Waals surface area (Å²) in [6.45, 7) is 4.85. The zero-order chi connectivity index (χ0) is 19.1. The Balaban J connectivity index is 1.99. The molecule has 6 nitrogen and oxygen atoms in total. The van der Waals surface area contributed by atoms with E-state index in [0.717, 1.165) is 12.3 Å². The van der Waals surface area contributed by atoms with Gasteiger partial charge in [0, 0.05) is 17.3 Å². The van der Waals surface area contributed by atoms with Crippen molar-refractivity contribution in [1.29, 1.82) is 0 Å². The zero-order valence-corrected chi connectivity index (χ0v) is 14.6. The molecule has 0 fully saturated rings. The fourth-order valence-electron chi connectivity index (χ4n) is 2.91. The van der Waals surface area contributed by atoms with Crippen LogP contribution >= 0.6 is 0 Å². The van der Waals surface area contributed by atoms with E-state index < -0.39 is 29.6 Å². The van der Waals surface area contributed by atoms with Crippen LogP contribution in [0.15, 0.2) is 36.5 Å². The molecule has 3 rings (SSSR count). The third kappa shape index (κ3) is 3.30. The van der Waals surface area contributed by atoms with Crippen molar-refractivity contribution in [1.82, 2.24) is 10.3 Å². The summed E-state index contributed by atoms with van der Waals surface area (Å²) in [4.78, 5) is 27.7. The molecular weight excluding hydrogens is 339 g/mol. The summed E-state index contributed by atoms with van der Waals surface area (Å²) in [5.74, 6) is -0.864. The van der Waals surface area contributed by atoms with Gasteiger partial charge in [-0.25, -0.2) is 4.98 Å². The SMILES string of the molecule is CC(=O)c1ccc2c(c1)[C@H](NC(=O)c1ccc(F)nc1)[C@@H](O)C(C)(C)O2. The van der Waals surface area contributed by atoms with Gasteiger partial charge in [-0.1, -0.05) is 0 Å². The highest BCUT2D eigenvalue weighted by atomic mass is 19.1. The first-order valence-corrected chi connectivity index (χ1v) is 8.13. The Hall–Kier alpha value is -2.80. The lowest BCUT2D eigenvalue weighted by Gasteiger charge is -2.42. The van der Waals surface area contributed by atoms with Gasteiger partial charge in [-0.2, -0.15) is 4.39 Å². The van der Waals surface area contributed by atoms with Crippen LogP contribution in [0.3, 0.4) is 0 Å². The van der Waals surface area contributed by atoms with Crippen molar-refractivity contribution >= 4 is 11.7 Å². The van der Waals surface area contributed by atoms with Crippen molar-refractivity contribution in [2.75, 3.05) is 0 Å². The first-order chi connectivity index (χ1) is 12.2. The molecule has 2 atom stereocenters. The highest BCUT2D eigenvalue weighted by molar-refractivity contribution is 5.95. The molecule has 2 N–H and O–H groups in total. The maximum atomic E-state index is 13.0. The molecule has 1 aromatic carbocycles. The van der Waals surface area contributed by atoms with Crippen LogP contribution in [0, 0.1) is 5.95 Å². The van der Waals surface area contributed by atoms with Crippen LogP contribution in [0.5, 0.6) is 5.75 Å². The van der Waals surface area contributed by atoms with E-state index in [0.29, 0.717) is 16.9 Å². The van der Waals surface area contributed by atoms with E-state index in [2.05, 4.69) is 10.3 Å². The Morgan fingerprint density at radius 3 is 2.54 bits per heavy atom. The predicted molar refractivity (Wildman–Crippen MR) is 91.6 cm³/mol. The lowest BCUT2D eigenvalue weighted by Crippen LogP contribution is -2.53. The van der Waals surface area contributed by atoms with Crippen LogP contribution in [0.2, 0.25) is 0 Å². The molecule has 7 heteroatoms. The average Bonchev–Trinajstić information content (AvgIpc) is 2.58. The lowest BCUT2D eigenvalue weighted by atomic mass is 9.85. The summed E-state index contributed by atoms with van der Waals surface area (Å²) >= 11 is 0. The molecule has 0 unspecified atom stereocenters. The Bertz CT molecular complexity index is 864. The number of nitrogens with zero attached hydrogens (tertiary/aromatic N) is 1. The van der Waals surface area contributed by atoms with Gasteiger partial charge in [-0.3, -0.25) is 9.59 Å². The fraction of sp³-hybridized carbons (Fsp3) is 0.316. The third-order valence-corrected chi connectivity index (χ3v) is 4.43. The van der Waals surface area contributed by atoms with Crippen molar-refractivity contribution < 1.29 is 23.8 Å². The minimum absolute atomic E-state index is 0.139. The molecule has 1 amide bonds. The number of aromatic nitrogens is 1. The molecule has 26 heavy (non-hydrogen) atoms. The number of aliphatic hydroxyl groups is 1. The van der Waals surface area contributed by atoms with Crippen molar-refractivity contribution in [3.05, 3.63) is 59.2 Å². The molecule has 0 spiro atoms. The first kappa shape index (κ1) is 18.0. The van der Waals surface area contributed by atoms with Gasteiger partial charge in [0.15, 0.2) is 5.78 Å². The van der Waals surface area contributed by atoms with Gasteiger partial charge in [0.25, 0.3) is 5.91 Å². The number of ether oxygens (including phenoxy) is 1. The number of benzene rings is 1. The van der Waals surface area contributed by atoms with Crippen LogP contribution in [-0.4, -0.2) is 33.5 Å². The summed E-state index contributed by atoms with van der Waals surface area (Å²) in [5.41, 5.74) is 0.158. The van der Waals surface area contributed by atoms with Crippen molar-refractivity contribution in [3.63, 3.8) is 0 Å². The number of ketones is 1. The van der Waals surface area contributed by atoms with E-state index in [1.165, 1.54) is 13.0 Å². The topological polar surface area (TPSA) is 88.5 Å². The van der Waals surface area contributed by atoms with E-state index in [1.807, 2.05) is 0 Å². The molecular formula is C19H19FN2O4. The van der Waals surface area contributed by atoms with E-state index in [-0.39, 0.29) is 11.3 Å². The van der Waals surface area contributed by atoms with Gasteiger partial charge in [0.2, 0.25) is 5.95 Å². The number of carbonyl (C=O) groups is 2. The van der Waals surface area contributed by atoms with Gasteiger partial charge in [-0.05, 0) is 51.1 Å². The minimum Gasteiger partial charge on any atom is -0.485 e. The predicted octanol–water partition coefficient (Wildman–Crippen LogP) is 2.43. The van der Waals surface area contributed by atoms with Crippen molar-refractivity contribution in [3.8, 4) is 5.75 Å². The van der Waals surface area contributed by atoms with Gasteiger partial charge in [0.05, 0.1) is 11.6 Å². The zero-order valence-electron chi connectivity index (χ0n) is 14.6. The smallest absolute Gasteiger partial charge is 0.253 e. The Morgan fingerprint density at radius 2 is 1.92 bits per heavy atom. The number of hydrogen-bond donors (Lipinski definition) is 2. The number of aliphatic hydroxyl groups excluding tert-OH is 1. The summed E-state index contributed by atoms with van der Waals surface area (Å²) in [6.07, 6.45) is 0.0589. The summed E-state index contributed by atoms with van der Waals surface area (Å²) in [5, 5.41) is 13.5. The van der Waals surface area contributed by atoms with Crippen molar-refractivity contribution in [2.24, 2.45) is 0 Å². The monoisotopic (exact) mass is 358 g/mol. The van der Waals surface area contributed by atoms with Crippen LogP contribution < -0.4 is 10.1 Å². The molecule has 0 bridgehead atoms. The second kappa shape index (κ2) is 6.49. The van der Waals surface area contributed by atoms with Crippen molar-refractivity contribution in [2.45, 2.75) is 38.5 Å². The van der Waals surface area contributed by atoms with Gasteiger partial charge < -0.3 is 15.2 Å². The molecule has 2 heterocycles. The number of fused-ring (bicyclic) bond motifs is 1. The minimum atomic E-state index is -1.06. The van der Waals surface area contributed by atoms with E-state index in [9.17, 15) is 19.1 Å². The maximum absolute atomic E-state index is 13.0. The fourth-order valence-corrected chi connectivity index (χ4v) is 2.91. The average molecular weight is 358 g/mol. The first-order valence-electron chi connectivity index (χ1n) is 8.13. The molecule has 136 valence electrons. The van der Waals surface area contributed by atoms with E-state index >= 15 is 0 Å². The highest BCUT2D eigenvalue weighted by Gasteiger charge is 2.43. The van der Waals surface area contributed by atoms with Crippen LogP contribution in [0.4, 0.5) is 4.39 Å². The highest BCUT2D eigenvalue weighted by Crippen LogP contribution is 2.40. The maximum Gasteiger partial charge on any atom is 0.253 e. The molecule has 1 aliphatic rings. The molecule has 0 aliphatic carbocycles. The molecule has 1 aromatic heterocycles. The third-order valence-electron chi connectivity index (χ3n) is 4.43. The summed E-state index contributed by atoms with van der Waals surface area (Å²) in [6, 6.07) is 6.48. The van der Waals surface area contributed by atoms with Crippen LogP contribution in [-0.2, 0) is 0 Å². The summed E-state index contributed by atoms with van der Waals surface area (Å²) in [7, 11) is 0. The second-order valence-corrected chi connectivity index (χ2v) is 6.78. The molecule has 0 saturated carbocycles. The largest absolute Gasteiger partial charge is 0.485 e. The number of halogens is 1. The van der Waals surface area contributed by atoms with Crippen LogP contribution in [0.1, 0.15) is 53.1 Å². The number of Topliss-reactive ketones (excluding diaryl/α,β-unsaturated/α-hetero) is 1. The lowest BCUT2D eigenvalue weighted by molar-refractivity contribution is -0.0627. The number of amides is 1. The molecule has 0 saturated heterocycles. The summed E-state index contributed by atoms with van der Waals surface area (Å²) < 4.78 is 18.8. The molecule has 2 aromatic rings. The second-order valence-electron chi connectivity index (χ2n) is 6.78. The number of nitrogens with one attached hydrogen (secondary N) is 1. The van der Waals surface area contributed by atoms with Crippen LogP contribution in [0.25, 0.3) is 0 Å². The normalized spacial score (nSPS) is 20.7. The molecule has 1 aliphatic heterocycles. The Labute approximate surface area is 150 Å². The number of hydrogen-bond acceptors (Lipinski definition) is 5. The number of rotatable bonds is 3. The van der Waals surface area contributed by atoms with Gasteiger partial charge >= 0.3 is 0 Å². The number of pyridine rings is 1. The van der Waals surface area contributed by atoms with E-state index in [4.69, 9.17) is 4.74 Å². The number of carbonyl (C=O) groups excluding carboxylic acids is 2. The van der Waals surface area contributed by atoms with Gasteiger partial charge in [-0.15, -0.1) is 0 Å².